The van der Waals surface area contributed by atoms with Crippen LogP contribution in [0.5, 0.6) is 0 Å². The standard InChI is InChI=1S/C19H19N3OS2/c1-3-16(24-14-10-5-4-6-11-14)17(23)20-19-22-21-18(25-19)15-12-8-7-9-13(15)2/h4-12,16H,3H2,1-2H3,(H,20,22,23)/t16-/m0/s1. The largest absolute Gasteiger partial charge is 0.300 e. The van der Waals surface area contributed by atoms with E-state index in [4.69, 9.17) is 0 Å². The van der Waals surface area contributed by atoms with Crippen LogP contribution in [0, 0.1) is 6.92 Å². The van der Waals surface area contributed by atoms with E-state index in [1.165, 1.54) is 11.3 Å². The van der Waals surface area contributed by atoms with Gasteiger partial charge in [0.15, 0.2) is 0 Å². The van der Waals surface area contributed by atoms with Crippen LogP contribution in [0.1, 0.15) is 18.9 Å². The molecule has 0 aliphatic rings. The molecule has 1 amide bonds. The van der Waals surface area contributed by atoms with E-state index in [1.807, 2.05) is 68.4 Å². The molecule has 0 unspecified atom stereocenters. The number of rotatable bonds is 6. The third-order valence-electron chi connectivity index (χ3n) is 3.72. The zero-order valence-corrected chi connectivity index (χ0v) is 15.7. The lowest BCUT2D eigenvalue weighted by atomic mass is 10.1. The number of carbonyl (C=O) groups excluding carboxylic acids is 1. The molecule has 3 rings (SSSR count). The number of anilines is 1. The molecule has 6 heteroatoms. The van der Waals surface area contributed by atoms with Gasteiger partial charge < -0.3 is 0 Å². The SMILES string of the molecule is CC[C@H](Sc1ccccc1)C(=O)Nc1nnc(-c2ccccc2C)s1. The number of amides is 1. The van der Waals surface area contributed by atoms with Crippen LogP contribution in [0.25, 0.3) is 10.6 Å². The van der Waals surface area contributed by atoms with Crippen LogP contribution in [0.4, 0.5) is 5.13 Å². The highest BCUT2D eigenvalue weighted by molar-refractivity contribution is 8.00. The number of benzene rings is 2. The Morgan fingerprint density at radius 3 is 2.56 bits per heavy atom. The smallest absolute Gasteiger partial charge is 0.239 e. The zero-order valence-electron chi connectivity index (χ0n) is 14.1. The topological polar surface area (TPSA) is 54.9 Å². The van der Waals surface area contributed by atoms with Crippen molar-refractivity contribution in [2.24, 2.45) is 0 Å². The van der Waals surface area contributed by atoms with Gasteiger partial charge in [-0.2, -0.15) is 0 Å². The number of aromatic nitrogens is 2. The van der Waals surface area contributed by atoms with E-state index in [-0.39, 0.29) is 11.2 Å². The van der Waals surface area contributed by atoms with Gasteiger partial charge >= 0.3 is 0 Å². The zero-order chi connectivity index (χ0) is 17.6. The molecular formula is C19H19N3OS2. The average molecular weight is 370 g/mol. The minimum atomic E-state index is -0.159. The summed E-state index contributed by atoms with van der Waals surface area (Å²) in [6.07, 6.45) is 0.745. The summed E-state index contributed by atoms with van der Waals surface area (Å²) in [6, 6.07) is 18.0. The fraction of sp³-hybridized carbons (Fsp3) is 0.211. The number of nitrogens with one attached hydrogen (secondary N) is 1. The highest BCUT2D eigenvalue weighted by Crippen LogP contribution is 2.30. The fourth-order valence-corrected chi connectivity index (χ4v) is 4.18. The van der Waals surface area contributed by atoms with Gasteiger partial charge in [-0.25, -0.2) is 0 Å². The van der Waals surface area contributed by atoms with E-state index in [0.29, 0.717) is 5.13 Å². The van der Waals surface area contributed by atoms with Crippen molar-refractivity contribution in [2.75, 3.05) is 5.32 Å². The van der Waals surface area contributed by atoms with Crippen molar-refractivity contribution in [1.82, 2.24) is 10.2 Å². The number of aryl methyl sites for hydroxylation is 1. The Bertz CT molecular complexity index is 849. The summed E-state index contributed by atoms with van der Waals surface area (Å²) in [5.74, 6) is -0.0381. The van der Waals surface area contributed by atoms with Gasteiger partial charge in [0.1, 0.15) is 5.01 Å². The molecule has 4 nitrogen and oxygen atoms in total. The maximum absolute atomic E-state index is 12.6. The predicted molar refractivity (Wildman–Crippen MR) is 105 cm³/mol. The van der Waals surface area contributed by atoms with E-state index in [9.17, 15) is 4.79 Å². The third-order valence-corrected chi connectivity index (χ3v) is 5.96. The molecule has 0 aliphatic carbocycles. The fourth-order valence-electron chi connectivity index (χ4n) is 2.37. The molecule has 0 bridgehead atoms. The first-order valence-electron chi connectivity index (χ1n) is 8.09. The van der Waals surface area contributed by atoms with Crippen molar-refractivity contribution in [2.45, 2.75) is 30.4 Å². The van der Waals surface area contributed by atoms with Gasteiger partial charge in [-0.05, 0) is 31.0 Å². The number of hydrogen-bond donors (Lipinski definition) is 1. The Morgan fingerprint density at radius 1 is 1.12 bits per heavy atom. The molecule has 2 aromatic carbocycles. The number of carbonyl (C=O) groups is 1. The molecule has 0 saturated carbocycles. The van der Waals surface area contributed by atoms with Crippen molar-refractivity contribution in [3.8, 4) is 10.6 Å². The van der Waals surface area contributed by atoms with Crippen LogP contribution in [0.3, 0.4) is 0 Å². The minimum Gasteiger partial charge on any atom is -0.300 e. The van der Waals surface area contributed by atoms with Crippen LogP contribution < -0.4 is 5.32 Å². The summed E-state index contributed by atoms with van der Waals surface area (Å²) in [4.78, 5) is 13.7. The Hall–Kier alpha value is -2.18. The van der Waals surface area contributed by atoms with Gasteiger partial charge in [0.2, 0.25) is 11.0 Å². The lowest BCUT2D eigenvalue weighted by Crippen LogP contribution is -2.24. The Morgan fingerprint density at radius 2 is 1.84 bits per heavy atom. The van der Waals surface area contributed by atoms with Gasteiger partial charge in [0.05, 0.1) is 5.25 Å². The van der Waals surface area contributed by atoms with Crippen LogP contribution >= 0.6 is 23.1 Å². The number of nitrogens with zero attached hydrogens (tertiary/aromatic N) is 2. The summed E-state index contributed by atoms with van der Waals surface area (Å²) in [6.45, 7) is 4.05. The molecule has 0 fully saturated rings. The van der Waals surface area contributed by atoms with E-state index >= 15 is 0 Å². The lowest BCUT2D eigenvalue weighted by molar-refractivity contribution is -0.115. The van der Waals surface area contributed by atoms with Gasteiger partial charge in [0.25, 0.3) is 0 Å². The summed E-state index contributed by atoms with van der Waals surface area (Å²) >= 11 is 2.97. The average Bonchev–Trinajstić information content (AvgIpc) is 3.09. The van der Waals surface area contributed by atoms with Crippen molar-refractivity contribution in [3.63, 3.8) is 0 Å². The highest BCUT2D eigenvalue weighted by atomic mass is 32.2. The molecule has 1 atom stereocenters. The summed E-state index contributed by atoms with van der Waals surface area (Å²) in [7, 11) is 0. The highest BCUT2D eigenvalue weighted by Gasteiger charge is 2.20. The quantitative estimate of drug-likeness (QED) is 0.620. The van der Waals surface area contributed by atoms with Crippen molar-refractivity contribution in [1.29, 1.82) is 0 Å². The first-order chi connectivity index (χ1) is 12.2. The second kappa shape index (κ2) is 8.27. The van der Waals surface area contributed by atoms with Gasteiger partial charge in [-0.1, -0.05) is 60.7 Å². The molecular weight excluding hydrogens is 350 g/mol. The molecule has 1 aromatic heterocycles. The first kappa shape index (κ1) is 17.6. The summed E-state index contributed by atoms with van der Waals surface area (Å²) in [5, 5.41) is 12.4. The monoisotopic (exact) mass is 369 g/mol. The lowest BCUT2D eigenvalue weighted by Gasteiger charge is -2.13. The molecule has 0 aliphatic heterocycles. The van der Waals surface area contributed by atoms with Gasteiger partial charge in [0, 0.05) is 10.5 Å². The van der Waals surface area contributed by atoms with E-state index in [2.05, 4.69) is 15.5 Å². The second-order valence-electron chi connectivity index (χ2n) is 5.54. The van der Waals surface area contributed by atoms with Crippen LogP contribution in [0.2, 0.25) is 0 Å². The van der Waals surface area contributed by atoms with Gasteiger partial charge in [-0.3, -0.25) is 10.1 Å². The van der Waals surface area contributed by atoms with E-state index in [1.54, 1.807) is 11.8 Å². The van der Waals surface area contributed by atoms with Crippen LogP contribution in [-0.4, -0.2) is 21.4 Å². The summed E-state index contributed by atoms with van der Waals surface area (Å²) in [5.41, 5.74) is 2.19. The van der Waals surface area contributed by atoms with E-state index < -0.39 is 0 Å². The van der Waals surface area contributed by atoms with Crippen molar-refractivity contribution >= 4 is 34.1 Å². The molecule has 0 radical (unpaired) electrons. The van der Waals surface area contributed by atoms with Gasteiger partial charge in [-0.15, -0.1) is 22.0 Å². The number of thioether (sulfide) groups is 1. The molecule has 1 heterocycles. The molecule has 25 heavy (non-hydrogen) atoms. The predicted octanol–water partition coefficient (Wildman–Crippen LogP) is 5.02. The first-order valence-corrected chi connectivity index (χ1v) is 9.79. The second-order valence-corrected chi connectivity index (χ2v) is 7.80. The molecule has 3 aromatic rings. The normalized spacial score (nSPS) is 11.9. The maximum Gasteiger partial charge on any atom is 0.239 e. The maximum atomic E-state index is 12.6. The Balaban J connectivity index is 1.69. The van der Waals surface area contributed by atoms with Crippen LogP contribution in [0.15, 0.2) is 59.5 Å². The van der Waals surface area contributed by atoms with Crippen LogP contribution in [-0.2, 0) is 4.79 Å². The summed E-state index contributed by atoms with van der Waals surface area (Å²) < 4.78 is 0. The Kier molecular flexibility index (Phi) is 5.83. The third kappa shape index (κ3) is 4.46. The van der Waals surface area contributed by atoms with E-state index in [0.717, 1.165) is 27.5 Å². The molecule has 0 spiro atoms. The molecule has 128 valence electrons. The Labute approximate surface area is 155 Å². The number of hydrogen-bond acceptors (Lipinski definition) is 5. The molecule has 0 saturated heterocycles. The van der Waals surface area contributed by atoms with Crippen molar-refractivity contribution < 1.29 is 4.79 Å². The van der Waals surface area contributed by atoms with Crippen molar-refractivity contribution in [3.05, 3.63) is 60.2 Å². The minimum absolute atomic E-state index is 0.0381. The molecule has 1 N–H and O–H groups in total.